The molecule has 1 heterocycles. The third-order valence-electron chi connectivity index (χ3n) is 5.64. The Kier molecular flexibility index (Phi) is 7.40. The van der Waals surface area contributed by atoms with E-state index >= 15 is 0 Å². The molecule has 1 amide bonds. The van der Waals surface area contributed by atoms with Crippen LogP contribution in [0.5, 0.6) is 5.75 Å². The van der Waals surface area contributed by atoms with Crippen molar-refractivity contribution >= 4 is 22.6 Å². The van der Waals surface area contributed by atoms with Crippen molar-refractivity contribution in [3.05, 3.63) is 105 Å². The summed E-state index contributed by atoms with van der Waals surface area (Å²) < 4.78 is 11.0. The molecule has 0 atom stereocenters. The quantitative estimate of drug-likeness (QED) is 0.334. The van der Waals surface area contributed by atoms with Gasteiger partial charge in [-0.3, -0.25) is 4.79 Å². The number of hydrogen-bond acceptors (Lipinski definition) is 5. The maximum atomic E-state index is 12.8. The summed E-state index contributed by atoms with van der Waals surface area (Å²) in [5.74, 6) is 0.173. The van der Waals surface area contributed by atoms with Gasteiger partial charge in [0.2, 0.25) is 0 Å². The number of fused-ring (bicyclic) bond motifs is 1. The number of rotatable bonds is 9. The van der Waals surface area contributed by atoms with Crippen molar-refractivity contribution in [2.45, 2.75) is 32.9 Å². The lowest BCUT2D eigenvalue weighted by Crippen LogP contribution is -2.21. The van der Waals surface area contributed by atoms with Crippen molar-refractivity contribution in [3.8, 4) is 5.75 Å². The zero-order chi connectivity index (χ0) is 23.9. The maximum absolute atomic E-state index is 12.8. The fourth-order valence-electron chi connectivity index (χ4n) is 3.91. The summed E-state index contributed by atoms with van der Waals surface area (Å²) in [6, 6.07) is 22.9. The monoisotopic (exact) mass is 456 g/mol. The first-order valence-corrected chi connectivity index (χ1v) is 11.4. The van der Waals surface area contributed by atoms with Crippen molar-refractivity contribution in [2.75, 3.05) is 12.4 Å². The Bertz CT molecular complexity index is 1330. The lowest BCUT2D eigenvalue weighted by atomic mass is 10.0. The molecule has 0 saturated carbocycles. The van der Waals surface area contributed by atoms with Gasteiger partial charge in [0.05, 0.1) is 7.11 Å². The molecule has 0 fully saturated rings. The predicted octanol–water partition coefficient (Wildman–Crippen LogP) is 5.30. The van der Waals surface area contributed by atoms with Crippen LogP contribution >= 0.6 is 0 Å². The molecular formula is C28H28N2O4. The van der Waals surface area contributed by atoms with E-state index < -0.39 is 11.5 Å². The highest BCUT2D eigenvalue weighted by molar-refractivity contribution is 6.05. The maximum Gasteiger partial charge on any atom is 0.349 e. The molecule has 0 bridgehead atoms. The van der Waals surface area contributed by atoms with Gasteiger partial charge in [-0.2, -0.15) is 0 Å². The molecule has 34 heavy (non-hydrogen) atoms. The third kappa shape index (κ3) is 5.35. The van der Waals surface area contributed by atoms with E-state index in [1.807, 2.05) is 55.5 Å². The minimum absolute atomic E-state index is 0.0336. The predicted molar refractivity (Wildman–Crippen MR) is 134 cm³/mol. The number of hydrogen-bond donors (Lipinski definition) is 2. The zero-order valence-electron chi connectivity index (χ0n) is 19.4. The highest BCUT2D eigenvalue weighted by Gasteiger charge is 2.17. The van der Waals surface area contributed by atoms with E-state index in [0.29, 0.717) is 35.4 Å². The average molecular weight is 457 g/mol. The molecule has 0 aliphatic rings. The second kappa shape index (κ2) is 10.8. The second-order valence-electron chi connectivity index (χ2n) is 8.10. The summed E-state index contributed by atoms with van der Waals surface area (Å²) in [6.07, 6.45) is 1.58. The van der Waals surface area contributed by atoms with Gasteiger partial charge in [0.15, 0.2) is 0 Å². The minimum Gasteiger partial charge on any atom is -0.496 e. The highest BCUT2D eigenvalue weighted by atomic mass is 16.5. The molecule has 1 aromatic heterocycles. The molecular weight excluding hydrogens is 428 g/mol. The summed E-state index contributed by atoms with van der Waals surface area (Å²) in [7, 11) is 1.59. The van der Waals surface area contributed by atoms with Gasteiger partial charge in [-0.25, -0.2) is 4.79 Å². The number of amides is 1. The van der Waals surface area contributed by atoms with Crippen LogP contribution in [0.4, 0.5) is 5.69 Å². The number of benzene rings is 3. The molecule has 0 unspecified atom stereocenters. The Morgan fingerprint density at radius 1 is 0.941 bits per heavy atom. The first-order chi connectivity index (χ1) is 16.6. The van der Waals surface area contributed by atoms with E-state index in [1.54, 1.807) is 19.2 Å². The van der Waals surface area contributed by atoms with Gasteiger partial charge >= 0.3 is 5.63 Å². The van der Waals surface area contributed by atoms with Crippen LogP contribution in [0, 0.1) is 0 Å². The van der Waals surface area contributed by atoms with Crippen LogP contribution in [0.3, 0.4) is 0 Å². The molecule has 0 radical (unpaired) electrons. The Labute approximate surface area is 198 Å². The Hall–Kier alpha value is -3.90. The van der Waals surface area contributed by atoms with Gasteiger partial charge in [0, 0.05) is 29.7 Å². The number of aryl methyl sites for hydroxylation is 1. The zero-order valence-corrected chi connectivity index (χ0v) is 19.4. The highest BCUT2D eigenvalue weighted by Crippen LogP contribution is 2.29. The fourth-order valence-corrected chi connectivity index (χ4v) is 3.91. The van der Waals surface area contributed by atoms with Crippen LogP contribution in [-0.4, -0.2) is 13.0 Å². The lowest BCUT2D eigenvalue weighted by molar-refractivity contribution is 0.102. The number of carbonyl (C=O) groups excluding carboxylic acids is 1. The smallest absolute Gasteiger partial charge is 0.349 e. The molecule has 6 heteroatoms. The van der Waals surface area contributed by atoms with E-state index in [-0.39, 0.29) is 5.56 Å². The summed E-state index contributed by atoms with van der Waals surface area (Å²) in [6.45, 7) is 3.53. The average Bonchev–Trinajstić information content (AvgIpc) is 2.86. The molecule has 0 saturated heterocycles. The molecule has 174 valence electrons. The first-order valence-electron chi connectivity index (χ1n) is 11.4. The van der Waals surface area contributed by atoms with E-state index in [9.17, 15) is 9.59 Å². The minimum atomic E-state index is -0.669. The second-order valence-corrected chi connectivity index (χ2v) is 8.10. The molecule has 3 aromatic carbocycles. The summed E-state index contributed by atoms with van der Waals surface area (Å²) in [5.41, 5.74) is 3.53. The summed E-state index contributed by atoms with van der Waals surface area (Å²) >= 11 is 0. The van der Waals surface area contributed by atoms with Crippen molar-refractivity contribution in [2.24, 2.45) is 0 Å². The number of nitrogens with one attached hydrogen (secondary N) is 2. The topological polar surface area (TPSA) is 80.6 Å². The number of methoxy groups -OCH3 is 1. The molecule has 4 aromatic rings. The Morgan fingerprint density at radius 2 is 1.65 bits per heavy atom. The van der Waals surface area contributed by atoms with E-state index in [1.165, 1.54) is 5.56 Å². The van der Waals surface area contributed by atoms with Crippen molar-refractivity contribution < 1.29 is 13.9 Å². The van der Waals surface area contributed by atoms with Gasteiger partial charge in [0.25, 0.3) is 5.91 Å². The molecule has 0 spiro atoms. The van der Waals surface area contributed by atoms with Gasteiger partial charge in [0.1, 0.15) is 16.9 Å². The number of anilines is 1. The molecule has 0 aliphatic heterocycles. The summed E-state index contributed by atoms with van der Waals surface area (Å²) in [5, 5.41) is 6.88. The van der Waals surface area contributed by atoms with Gasteiger partial charge < -0.3 is 19.8 Å². The van der Waals surface area contributed by atoms with Gasteiger partial charge in [-0.15, -0.1) is 0 Å². The van der Waals surface area contributed by atoms with Crippen LogP contribution in [0.15, 0.2) is 82.0 Å². The molecule has 6 nitrogen and oxygen atoms in total. The van der Waals surface area contributed by atoms with E-state index in [4.69, 9.17) is 9.15 Å². The molecule has 4 rings (SSSR count). The van der Waals surface area contributed by atoms with Crippen LogP contribution in [0.1, 0.15) is 40.4 Å². The normalized spacial score (nSPS) is 10.9. The summed E-state index contributed by atoms with van der Waals surface area (Å²) in [4.78, 5) is 25.5. The third-order valence-corrected chi connectivity index (χ3v) is 5.64. The molecule has 0 aliphatic carbocycles. The van der Waals surface area contributed by atoms with Crippen LogP contribution in [-0.2, 0) is 19.5 Å². The SMILES string of the molecule is CCCc1c(OC)ccc2cc(C(=O)Nc3ccc(CNCc4ccccc4)cc3)c(=O)oc12. The van der Waals surface area contributed by atoms with Crippen molar-refractivity contribution in [1.29, 1.82) is 0 Å². The molecule has 2 N–H and O–H groups in total. The lowest BCUT2D eigenvalue weighted by Gasteiger charge is -2.11. The van der Waals surface area contributed by atoms with Crippen LogP contribution in [0.25, 0.3) is 11.0 Å². The van der Waals surface area contributed by atoms with Gasteiger partial charge in [-0.1, -0.05) is 55.8 Å². The first kappa shape index (κ1) is 23.3. The number of carbonyl (C=O) groups is 1. The van der Waals surface area contributed by atoms with E-state index in [0.717, 1.165) is 24.1 Å². The largest absolute Gasteiger partial charge is 0.496 e. The van der Waals surface area contributed by atoms with E-state index in [2.05, 4.69) is 22.8 Å². The fraction of sp³-hybridized carbons (Fsp3) is 0.214. The Balaban J connectivity index is 1.45. The number of ether oxygens (including phenoxy) is 1. The van der Waals surface area contributed by atoms with Crippen molar-refractivity contribution in [1.82, 2.24) is 5.32 Å². The van der Waals surface area contributed by atoms with Crippen molar-refractivity contribution in [3.63, 3.8) is 0 Å². The van der Waals surface area contributed by atoms with Gasteiger partial charge in [-0.05, 0) is 47.9 Å². The Morgan fingerprint density at radius 3 is 2.32 bits per heavy atom. The standard InChI is InChI=1S/C28H28N2O4/c1-3-7-23-25(33-2)15-12-21-16-24(28(32)34-26(21)23)27(31)30-22-13-10-20(11-14-22)18-29-17-19-8-5-4-6-9-19/h4-6,8-16,29H,3,7,17-18H2,1-2H3,(H,30,31). The van der Waals surface area contributed by atoms with Crippen LogP contribution < -0.4 is 21.0 Å². The van der Waals surface area contributed by atoms with Crippen LogP contribution in [0.2, 0.25) is 0 Å².